The van der Waals surface area contributed by atoms with Gasteiger partial charge in [-0.1, -0.05) is 19.1 Å². The zero-order valence-electron chi connectivity index (χ0n) is 12.6. The van der Waals surface area contributed by atoms with Gasteiger partial charge in [-0.05, 0) is 38.2 Å². The lowest BCUT2D eigenvalue weighted by Gasteiger charge is -2.22. The van der Waals surface area contributed by atoms with Crippen LogP contribution in [-0.2, 0) is 4.79 Å². The van der Waals surface area contributed by atoms with Crippen LogP contribution in [0.2, 0.25) is 0 Å². The standard InChI is InChI=1S/C15H24N2O3/c1-5-13(17(2)3)15(19)16-10-14(18)11-7-6-8-12(9-11)20-4/h6-9,13-14,18H,5,10H2,1-4H3,(H,16,19). The molecule has 0 spiro atoms. The van der Waals surface area contributed by atoms with Crippen LogP contribution >= 0.6 is 0 Å². The van der Waals surface area contributed by atoms with E-state index in [0.29, 0.717) is 5.75 Å². The van der Waals surface area contributed by atoms with Gasteiger partial charge >= 0.3 is 0 Å². The van der Waals surface area contributed by atoms with Gasteiger partial charge in [0.1, 0.15) is 5.75 Å². The van der Waals surface area contributed by atoms with Crippen LogP contribution in [0.1, 0.15) is 25.0 Å². The second-order valence-corrected chi connectivity index (χ2v) is 4.93. The summed E-state index contributed by atoms with van der Waals surface area (Å²) in [6.45, 7) is 2.15. The van der Waals surface area contributed by atoms with Crippen LogP contribution < -0.4 is 10.1 Å². The van der Waals surface area contributed by atoms with E-state index in [1.807, 2.05) is 44.1 Å². The van der Waals surface area contributed by atoms with Gasteiger partial charge in [-0.2, -0.15) is 0 Å². The number of ether oxygens (including phenoxy) is 1. The predicted octanol–water partition coefficient (Wildman–Crippen LogP) is 1.19. The van der Waals surface area contributed by atoms with Crippen molar-refractivity contribution in [1.82, 2.24) is 10.2 Å². The fraction of sp³-hybridized carbons (Fsp3) is 0.533. The van der Waals surface area contributed by atoms with Crippen molar-refractivity contribution in [3.63, 3.8) is 0 Å². The number of benzene rings is 1. The summed E-state index contributed by atoms with van der Waals surface area (Å²) in [7, 11) is 5.31. The molecule has 0 saturated heterocycles. The molecule has 112 valence electrons. The average molecular weight is 280 g/mol. The van der Waals surface area contributed by atoms with Gasteiger partial charge in [0.15, 0.2) is 0 Å². The Labute approximate surface area is 120 Å². The number of nitrogens with one attached hydrogen (secondary N) is 1. The fourth-order valence-electron chi connectivity index (χ4n) is 2.07. The SMILES string of the molecule is CCC(C(=O)NCC(O)c1cccc(OC)c1)N(C)C. The first-order valence-electron chi connectivity index (χ1n) is 6.75. The number of amides is 1. The van der Waals surface area contributed by atoms with Crippen molar-refractivity contribution in [1.29, 1.82) is 0 Å². The summed E-state index contributed by atoms with van der Waals surface area (Å²) in [6.07, 6.45) is -0.0117. The Hall–Kier alpha value is -1.59. The molecule has 5 heteroatoms. The van der Waals surface area contributed by atoms with Crippen LogP contribution in [0.5, 0.6) is 5.75 Å². The number of rotatable bonds is 7. The Kier molecular flexibility index (Phi) is 6.48. The maximum Gasteiger partial charge on any atom is 0.237 e. The number of likely N-dealkylation sites (N-methyl/N-ethyl adjacent to an activating group) is 1. The number of aliphatic hydroxyl groups excluding tert-OH is 1. The number of carbonyl (C=O) groups is 1. The molecule has 1 rings (SSSR count). The summed E-state index contributed by atoms with van der Waals surface area (Å²) in [5.41, 5.74) is 0.725. The molecule has 20 heavy (non-hydrogen) atoms. The van der Waals surface area contributed by atoms with Crippen LogP contribution in [-0.4, -0.2) is 49.7 Å². The topological polar surface area (TPSA) is 61.8 Å². The highest BCUT2D eigenvalue weighted by atomic mass is 16.5. The summed E-state index contributed by atoms with van der Waals surface area (Å²) in [4.78, 5) is 13.9. The number of hydrogen-bond acceptors (Lipinski definition) is 4. The zero-order valence-corrected chi connectivity index (χ0v) is 12.6. The Balaban J connectivity index is 2.58. The molecular weight excluding hydrogens is 256 g/mol. The molecule has 2 atom stereocenters. The summed E-state index contributed by atoms with van der Waals surface area (Å²) < 4.78 is 5.11. The number of carbonyl (C=O) groups excluding carboxylic acids is 1. The van der Waals surface area contributed by atoms with Gasteiger partial charge < -0.3 is 15.2 Å². The molecule has 1 aromatic rings. The normalized spacial score (nSPS) is 13.9. The first kappa shape index (κ1) is 16.5. The van der Waals surface area contributed by atoms with Gasteiger partial charge in [0.2, 0.25) is 5.91 Å². The summed E-state index contributed by atoms with van der Waals surface area (Å²) in [5, 5.41) is 12.9. The third-order valence-corrected chi connectivity index (χ3v) is 3.26. The van der Waals surface area contributed by atoms with Crippen LogP contribution in [0.15, 0.2) is 24.3 Å². The molecule has 0 bridgehead atoms. The smallest absolute Gasteiger partial charge is 0.237 e. The van der Waals surface area contributed by atoms with Gasteiger partial charge in [-0.15, -0.1) is 0 Å². The summed E-state index contributed by atoms with van der Waals surface area (Å²) in [5.74, 6) is 0.618. The quantitative estimate of drug-likeness (QED) is 0.787. The van der Waals surface area contributed by atoms with Crippen LogP contribution in [0.4, 0.5) is 0 Å². The molecular formula is C15H24N2O3. The Morgan fingerprint density at radius 2 is 2.15 bits per heavy atom. The highest BCUT2D eigenvalue weighted by Gasteiger charge is 2.19. The maximum absolute atomic E-state index is 12.0. The molecule has 0 aromatic heterocycles. The summed E-state index contributed by atoms with van der Waals surface area (Å²) >= 11 is 0. The van der Waals surface area contributed by atoms with Crippen molar-refractivity contribution < 1.29 is 14.6 Å². The van der Waals surface area contributed by atoms with Crippen molar-refractivity contribution >= 4 is 5.91 Å². The molecule has 2 N–H and O–H groups in total. The minimum absolute atomic E-state index is 0.0700. The van der Waals surface area contributed by atoms with Crippen LogP contribution in [0.3, 0.4) is 0 Å². The molecule has 1 amide bonds. The lowest BCUT2D eigenvalue weighted by Crippen LogP contribution is -2.44. The maximum atomic E-state index is 12.0. The monoisotopic (exact) mass is 280 g/mol. The van der Waals surface area contributed by atoms with Crippen molar-refractivity contribution in [2.75, 3.05) is 27.7 Å². The molecule has 0 aliphatic rings. The molecule has 0 fully saturated rings. The molecule has 0 aliphatic carbocycles. The molecule has 0 saturated carbocycles. The highest BCUT2D eigenvalue weighted by Crippen LogP contribution is 2.18. The van der Waals surface area contributed by atoms with Gasteiger partial charge in [0.25, 0.3) is 0 Å². The van der Waals surface area contributed by atoms with Gasteiger partial charge in [-0.25, -0.2) is 0 Å². The molecule has 0 aliphatic heterocycles. The van der Waals surface area contributed by atoms with Crippen molar-refractivity contribution in [3.8, 4) is 5.75 Å². The fourth-order valence-corrected chi connectivity index (χ4v) is 2.07. The van der Waals surface area contributed by atoms with E-state index in [9.17, 15) is 9.90 Å². The number of hydrogen-bond donors (Lipinski definition) is 2. The van der Waals surface area contributed by atoms with E-state index in [1.54, 1.807) is 13.2 Å². The third-order valence-electron chi connectivity index (χ3n) is 3.26. The second-order valence-electron chi connectivity index (χ2n) is 4.93. The zero-order chi connectivity index (χ0) is 15.1. The second kappa shape index (κ2) is 7.87. The van der Waals surface area contributed by atoms with Crippen LogP contribution in [0.25, 0.3) is 0 Å². The molecule has 5 nitrogen and oxygen atoms in total. The number of nitrogens with zero attached hydrogens (tertiary/aromatic N) is 1. The van der Waals surface area contributed by atoms with Crippen molar-refractivity contribution in [3.05, 3.63) is 29.8 Å². The van der Waals surface area contributed by atoms with Gasteiger partial charge in [0.05, 0.1) is 19.3 Å². The van der Waals surface area contributed by atoms with E-state index in [2.05, 4.69) is 5.32 Å². The predicted molar refractivity (Wildman–Crippen MR) is 78.7 cm³/mol. The van der Waals surface area contributed by atoms with E-state index in [1.165, 1.54) is 0 Å². The average Bonchev–Trinajstić information content (AvgIpc) is 2.45. The lowest BCUT2D eigenvalue weighted by atomic mass is 10.1. The van der Waals surface area contributed by atoms with Crippen LogP contribution in [0, 0.1) is 0 Å². The Bertz CT molecular complexity index is 435. The minimum atomic E-state index is -0.742. The lowest BCUT2D eigenvalue weighted by molar-refractivity contribution is -0.126. The minimum Gasteiger partial charge on any atom is -0.497 e. The molecule has 1 aromatic carbocycles. The first-order valence-corrected chi connectivity index (χ1v) is 6.75. The third kappa shape index (κ3) is 4.51. The first-order chi connectivity index (χ1) is 9.49. The van der Waals surface area contributed by atoms with E-state index < -0.39 is 6.10 Å². The van der Waals surface area contributed by atoms with E-state index in [0.717, 1.165) is 12.0 Å². The largest absolute Gasteiger partial charge is 0.497 e. The highest BCUT2D eigenvalue weighted by molar-refractivity contribution is 5.81. The molecule has 0 radical (unpaired) electrons. The molecule has 0 heterocycles. The van der Waals surface area contributed by atoms with E-state index in [4.69, 9.17) is 4.74 Å². The van der Waals surface area contributed by atoms with Gasteiger partial charge in [-0.3, -0.25) is 9.69 Å². The molecule has 2 unspecified atom stereocenters. The number of aliphatic hydroxyl groups is 1. The Morgan fingerprint density at radius 3 is 2.70 bits per heavy atom. The Morgan fingerprint density at radius 1 is 1.45 bits per heavy atom. The van der Waals surface area contributed by atoms with E-state index in [-0.39, 0.29) is 18.5 Å². The van der Waals surface area contributed by atoms with E-state index >= 15 is 0 Å². The van der Waals surface area contributed by atoms with Gasteiger partial charge in [0, 0.05) is 6.54 Å². The number of methoxy groups -OCH3 is 1. The van der Waals surface area contributed by atoms with Crippen molar-refractivity contribution in [2.45, 2.75) is 25.5 Å². The van der Waals surface area contributed by atoms with Crippen molar-refractivity contribution in [2.24, 2.45) is 0 Å². The summed E-state index contributed by atoms with van der Waals surface area (Å²) in [6, 6.07) is 7.03.